The number of sulfonamides is 1. The summed E-state index contributed by atoms with van der Waals surface area (Å²) in [4.78, 5) is -0.438. The van der Waals surface area contributed by atoms with Crippen molar-refractivity contribution in [2.24, 2.45) is 5.41 Å². The number of rotatable bonds is 3. The molecule has 0 atom stereocenters. The molecule has 0 heterocycles. The van der Waals surface area contributed by atoms with E-state index in [0.29, 0.717) is 4.47 Å². The van der Waals surface area contributed by atoms with Crippen LogP contribution in [-0.2, 0) is 10.0 Å². The predicted molar refractivity (Wildman–Crippen MR) is 73.2 cm³/mol. The molecule has 102 valence electrons. The molecule has 0 aliphatic heterocycles. The number of anilines is 1. The molecule has 0 amide bonds. The van der Waals surface area contributed by atoms with Crippen LogP contribution in [0.2, 0.25) is 0 Å². The van der Waals surface area contributed by atoms with Crippen molar-refractivity contribution in [3.8, 4) is 0 Å². The van der Waals surface area contributed by atoms with Gasteiger partial charge in [0.25, 0.3) is 0 Å². The number of nitrogens with two attached hydrogens (primary N) is 1. The lowest BCUT2D eigenvalue weighted by molar-refractivity contribution is 0.407. The van der Waals surface area contributed by atoms with E-state index in [4.69, 9.17) is 5.73 Å². The van der Waals surface area contributed by atoms with E-state index in [1.165, 1.54) is 0 Å². The lowest BCUT2D eigenvalue weighted by Gasteiger charge is -2.19. The summed E-state index contributed by atoms with van der Waals surface area (Å²) in [7, 11) is -3.89. The molecule has 4 nitrogen and oxygen atoms in total. The molecule has 0 fully saturated rings. The highest BCUT2D eigenvalue weighted by Crippen LogP contribution is 2.26. The van der Waals surface area contributed by atoms with Gasteiger partial charge in [0.1, 0.15) is 10.7 Å². The zero-order chi connectivity index (χ0) is 14.1. The quantitative estimate of drug-likeness (QED) is 0.831. The maximum absolute atomic E-state index is 13.6. The Morgan fingerprint density at radius 1 is 1.39 bits per heavy atom. The second-order valence-corrected chi connectivity index (χ2v) is 7.78. The molecule has 1 aromatic rings. The standard InChI is InChI=1S/C11H16BrFN2O2S/c1-11(2,3)6-15-18(16,17)10-5-9(14)7(12)4-8(10)13/h4-5,15H,6,14H2,1-3H3. The molecule has 0 bridgehead atoms. The molecule has 0 saturated carbocycles. The van der Waals surface area contributed by atoms with Crippen molar-refractivity contribution in [1.29, 1.82) is 0 Å². The van der Waals surface area contributed by atoms with Gasteiger partial charge < -0.3 is 5.73 Å². The Morgan fingerprint density at radius 2 is 1.94 bits per heavy atom. The second kappa shape index (κ2) is 5.14. The first-order valence-corrected chi connectivity index (χ1v) is 7.55. The Hall–Kier alpha value is -0.660. The molecule has 1 aromatic carbocycles. The van der Waals surface area contributed by atoms with Crippen LogP contribution >= 0.6 is 15.9 Å². The minimum atomic E-state index is -3.89. The van der Waals surface area contributed by atoms with Crippen molar-refractivity contribution in [1.82, 2.24) is 4.72 Å². The number of nitrogen functional groups attached to an aromatic ring is 1. The van der Waals surface area contributed by atoms with Crippen LogP contribution in [-0.4, -0.2) is 15.0 Å². The van der Waals surface area contributed by atoms with Crippen LogP contribution in [0.4, 0.5) is 10.1 Å². The first-order valence-electron chi connectivity index (χ1n) is 5.27. The summed E-state index contributed by atoms with van der Waals surface area (Å²) >= 11 is 3.04. The fraction of sp³-hybridized carbons (Fsp3) is 0.455. The van der Waals surface area contributed by atoms with Gasteiger partial charge in [-0.25, -0.2) is 17.5 Å². The molecule has 0 aromatic heterocycles. The van der Waals surface area contributed by atoms with Gasteiger partial charge in [-0.3, -0.25) is 0 Å². The van der Waals surface area contributed by atoms with Crippen molar-refractivity contribution in [2.45, 2.75) is 25.7 Å². The van der Waals surface area contributed by atoms with E-state index >= 15 is 0 Å². The van der Waals surface area contributed by atoms with Crippen molar-refractivity contribution in [3.05, 3.63) is 22.4 Å². The topological polar surface area (TPSA) is 72.2 Å². The van der Waals surface area contributed by atoms with E-state index in [9.17, 15) is 12.8 Å². The molecular weight excluding hydrogens is 323 g/mol. The Balaban J connectivity index is 3.10. The van der Waals surface area contributed by atoms with E-state index in [1.54, 1.807) is 0 Å². The number of nitrogens with one attached hydrogen (secondary N) is 1. The summed E-state index contributed by atoms with van der Waals surface area (Å²) in [6.07, 6.45) is 0. The van der Waals surface area contributed by atoms with Crippen molar-refractivity contribution in [2.75, 3.05) is 12.3 Å². The summed E-state index contributed by atoms with van der Waals surface area (Å²) in [6, 6.07) is 2.14. The highest BCUT2D eigenvalue weighted by atomic mass is 79.9. The second-order valence-electron chi connectivity index (χ2n) is 5.19. The zero-order valence-corrected chi connectivity index (χ0v) is 12.8. The normalized spacial score (nSPS) is 12.7. The van der Waals surface area contributed by atoms with Crippen LogP contribution < -0.4 is 10.5 Å². The van der Waals surface area contributed by atoms with E-state index in [-0.39, 0.29) is 17.6 Å². The van der Waals surface area contributed by atoms with Crippen LogP contribution in [0.1, 0.15) is 20.8 Å². The molecule has 18 heavy (non-hydrogen) atoms. The van der Waals surface area contributed by atoms with E-state index in [0.717, 1.165) is 12.1 Å². The average molecular weight is 339 g/mol. The van der Waals surface area contributed by atoms with Crippen LogP contribution in [0.3, 0.4) is 0 Å². The van der Waals surface area contributed by atoms with Crippen LogP contribution in [0, 0.1) is 11.2 Å². The molecule has 1 rings (SSSR count). The Morgan fingerprint density at radius 3 is 2.44 bits per heavy atom. The highest BCUT2D eigenvalue weighted by Gasteiger charge is 2.22. The highest BCUT2D eigenvalue weighted by molar-refractivity contribution is 9.10. The molecule has 0 aliphatic carbocycles. The van der Waals surface area contributed by atoms with Crippen molar-refractivity contribution < 1.29 is 12.8 Å². The van der Waals surface area contributed by atoms with Gasteiger partial charge in [0.2, 0.25) is 10.0 Å². The van der Waals surface area contributed by atoms with Crippen molar-refractivity contribution >= 4 is 31.6 Å². The summed E-state index contributed by atoms with van der Waals surface area (Å²) < 4.78 is 40.2. The maximum atomic E-state index is 13.6. The van der Waals surface area contributed by atoms with E-state index in [1.807, 2.05) is 20.8 Å². The van der Waals surface area contributed by atoms with Gasteiger partial charge in [-0.1, -0.05) is 20.8 Å². The SMILES string of the molecule is CC(C)(C)CNS(=O)(=O)c1cc(N)c(Br)cc1F. The van der Waals surface area contributed by atoms with Gasteiger partial charge in [-0.15, -0.1) is 0 Å². The first kappa shape index (κ1) is 15.4. The number of hydrogen-bond donors (Lipinski definition) is 2. The van der Waals surface area contributed by atoms with Crippen LogP contribution in [0.15, 0.2) is 21.5 Å². The number of benzene rings is 1. The molecule has 3 N–H and O–H groups in total. The molecule has 0 spiro atoms. The predicted octanol–water partition coefficient (Wildman–Crippen LogP) is 2.49. The van der Waals surface area contributed by atoms with Crippen LogP contribution in [0.25, 0.3) is 0 Å². The summed E-state index contributed by atoms with van der Waals surface area (Å²) in [6.45, 7) is 5.84. The largest absolute Gasteiger partial charge is 0.398 e. The lowest BCUT2D eigenvalue weighted by Crippen LogP contribution is -2.32. The molecule has 0 aliphatic rings. The minimum Gasteiger partial charge on any atom is -0.398 e. The third-order valence-corrected chi connectivity index (χ3v) is 4.24. The first-order chi connectivity index (χ1) is 8.03. The molecule has 0 radical (unpaired) electrons. The third kappa shape index (κ3) is 3.93. The van der Waals surface area contributed by atoms with Gasteiger partial charge in [-0.05, 0) is 33.5 Å². The Bertz CT molecular complexity index is 553. The molecule has 7 heteroatoms. The third-order valence-electron chi connectivity index (χ3n) is 2.13. The van der Waals surface area contributed by atoms with E-state index < -0.39 is 20.7 Å². The van der Waals surface area contributed by atoms with Crippen LogP contribution in [0.5, 0.6) is 0 Å². The Kier molecular flexibility index (Phi) is 4.40. The minimum absolute atomic E-state index is 0.174. The smallest absolute Gasteiger partial charge is 0.243 e. The van der Waals surface area contributed by atoms with Gasteiger partial charge in [0.05, 0.1) is 0 Å². The van der Waals surface area contributed by atoms with Gasteiger partial charge in [-0.2, -0.15) is 0 Å². The zero-order valence-electron chi connectivity index (χ0n) is 10.4. The number of halogens is 2. The van der Waals surface area contributed by atoms with Gasteiger partial charge >= 0.3 is 0 Å². The molecule has 0 unspecified atom stereocenters. The van der Waals surface area contributed by atoms with Gasteiger partial charge in [0.15, 0.2) is 0 Å². The summed E-state index contributed by atoms with van der Waals surface area (Å²) in [5.74, 6) is -0.836. The fourth-order valence-corrected chi connectivity index (χ4v) is 2.83. The van der Waals surface area contributed by atoms with Crippen molar-refractivity contribution in [3.63, 3.8) is 0 Å². The number of hydrogen-bond acceptors (Lipinski definition) is 3. The van der Waals surface area contributed by atoms with Gasteiger partial charge in [0, 0.05) is 16.7 Å². The molecule has 0 saturated heterocycles. The lowest BCUT2D eigenvalue weighted by atomic mass is 9.98. The summed E-state index contributed by atoms with van der Waals surface area (Å²) in [5.41, 5.74) is 5.50. The fourth-order valence-electron chi connectivity index (χ4n) is 1.14. The maximum Gasteiger partial charge on any atom is 0.243 e. The monoisotopic (exact) mass is 338 g/mol. The average Bonchev–Trinajstić information content (AvgIpc) is 2.19. The van der Waals surface area contributed by atoms with E-state index in [2.05, 4.69) is 20.7 Å². The molecular formula is C11H16BrFN2O2S. The summed E-state index contributed by atoms with van der Waals surface area (Å²) in [5, 5.41) is 0. The Labute approximate surface area is 115 Å².